The summed E-state index contributed by atoms with van der Waals surface area (Å²) in [6.07, 6.45) is -0.229. The maximum atomic E-state index is 11.6. The van der Waals surface area contributed by atoms with Crippen LogP contribution in [-0.2, 0) is 15.1 Å². The van der Waals surface area contributed by atoms with Gasteiger partial charge in [0, 0.05) is 0 Å². The van der Waals surface area contributed by atoms with Crippen LogP contribution >= 0.6 is 0 Å². The van der Waals surface area contributed by atoms with Gasteiger partial charge in [0.15, 0.2) is 5.60 Å². The molecule has 0 aliphatic rings. The van der Waals surface area contributed by atoms with Crippen molar-refractivity contribution in [1.29, 1.82) is 0 Å². The average molecular weight is 208 g/mol. The monoisotopic (exact) mass is 208 g/mol. The smallest absolute Gasteiger partial charge is 0.342 e. The summed E-state index contributed by atoms with van der Waals surface area (Å²) in [6.45, 7) is 4.94. The molecule has 0 radical (unpaired) electrons. The Balaban J connectivity index is 2.88. The summed E-state index contributed by atoms with van der Waals surface area (Å²) < 4.78 is 4.98. The van der Waals surface area contributed by atoms with E-state index in [-0.39, 0.29) is 6.10 Å². The number of benzene rings is 1. The molecule has 0 fully saturated rings. The van der Waals surface area contributed by atoms with Gasteiger partial charge in [-0.3, -0.25) is 0 Å². The van der Waals surface area contributed by atoms with Crippen LogP contribution in [0.5, 0.6) is 0 Å². The molecule has 0 saturated heterocycles. The second kappa shape index (κ2) is 4.45. The van der Waals surface area contributed by atoms with Crippen LogP contribution < -0.4 is 0 Å². The fraction of sp³-hybridized carbons (Fsp3) is 0.417. The van der Waals surface area contributed by atoms with Gasteiger partial charge in [-0.1, -0.05) is 30.3 Å². The predicted octanol–water partition coefficient (Wildman–Crippen LogP) is 1.85. The zero-order valence-electron chi connectivity index (χ0n) is 9.23. The van der Waals surface area contributed by atoms with E-state index in [1.807, 2.05) is 6.07 Å². The summed E-state index contributed by atoms with van der Waals surface area (Å²) in [4.78, 5) is 11.6. The fourth-order valence-electron chi connectivity index (χ4n) is 1.21. The number of carbonyl (C=O) groups excluding carboxylic acids is 1. The third kappa shape index (κ3) is 2.80. The molecular weight excluding hydrogens is 192 g/mol. The third-order valence-corrected chi connectivity index (χ3v) is 2.08. The zero-order chi connectivity index (χ0) is 11.5. The molecule has 82 valence electrons. The number of aliphatic hydroxyl groups is 1. The molecule has 15 heavy (non-hydrogen) atoms. The molecule has 0 unspecified atom stereocenters. The van der Waals surface area contributed by atoms with E-state index in [1.54, 1.807) is 38.1 Å². The molecule has 0 aliphatic heterocycles. The number of carbonyl (C=O) groups is 1. The predicted molar refractivity (Wildman–Crippen MR) is 57.2 cm³/mol. The van der Waals surface area contributed by atoms with Crippen molar-refractivity contribution in [1.82, 2.24) is 0 Å². The Hall–Kier alpha value is -1.35. The summed E-state index contributed by atoms with van der Waals surface area (Å²) >= 11 is 0. The minimum Gasteiger partial charge on any atom is -0.461 e. The molecule has 0 aliphatic carbocycles. The van der Waals surface area contributed by atoms with E-state index in [9.17, 15) is 9.90 Å². The molecular formula is C12H16O3. The van der Waals surface area contributed by atoms with Crippen LogP contribution in [0.1, 0.15) is 26.3 Å². The number of hydrogen-bond donors (Lipinski definition) is 1. The molecule has 0 saturated carbocycles. The highest BCUT2D eigenvalue weighted by molar-refractivity contribution is 5.80. The molecule has 0 bridgehead atoms. The molecule has 0 aromatic heterocycles. The topological polar surface area (TPSA) is 46.5 Å². The van der Waals surface area contributed by atoms with Gasteiger partial charge in [-0.25, -0.2) is 4.79 Å². The average Bonchev–Trinajstić information content (AvgIpc) is 2.18. The highest BCUT2D eigenvalue weighted by Gasteiger charge is 2.34. The first-order chi connectivity index (χ1) is 6.94. The van der Waals surface area contributed by atoms with E-state index in [4.69, 9.17) is 4.74 Å². The molecule has 3 nitrogen and oxygen atoms in total. The van der Waals surface area contributed by atoms with Gasteiger partial charge in [0.25, 0.3) is 0 Å². The summed E-state index contributed by atoms with van der Waals surface area (Å²) in [6, 6.07) is 8.76. The van der Waals surface area contributed by atoms with E-state index >= 15 is 0 Å². The lowest BCUT2D eigenvalue weighted by Gasteiger charge is -2.23. The van der Waals surface area contributed by atoms with E-state index < -0.39 is 11.6 Å². The van der Waals surface area contributed by atoms with Crippen molar-refractivity contribution < 1.29 is 14.6 Å². The molecule has 0 amide bonds. The third-order valence-electron chi connectivity index (χ3n) is 2.08. The van der Waals surface area contributed by atoms with Gasteiger partial charge >= 0.3 is 5.97 Å². The Kier molecular flexibility index (Phi) is 3.48. The zero-order valence-corrected chi connectivity index (χ0v) is 9.23. The van der Waals surface area contributed by atoms with Gasteiger partial charge in [-0.2, -0.15) is 0 Å². The van der Waals surface area contributed by atoms with Crippen LogP contribution in [0.2, 0.25) is 0 Å². The Labute approximate surface area is 89.7 Å². The largest absolute Gasteiger partial charge is 0.461 e. The normalized spacial score (nSPS) is 14.7. The minimum absolute atomic E-state index is 0.229. The van der Waals surface area contributed by atoms with Crippen molar-refractivity contribution in [2.75, 3.05) is 0 Å². The Morgan fingerprint density at radius 3 is 2.33 bits per heavy atom. The van der Waals surface area contributed by atoms with Crippen LogP contribution in [0.25, 0.3) is 0 Å². The molecule has 0 spiro atoms. The van der Waals surface area contributed by atoms with Gasteiger partial charge in [0.2, 0.25) is 0 Å². The molecule has 1 atom stereocenters. The number of rotatable bonds is 3. The van der Waals surface area contributed by atoms with Crippen LogP contribution in [0, 0.1) is 0 Å². The van der Waals surface area contributed by atoms with E-state index in [2.05, 4.69) is 0 Å². The SMILES string of the molecule is CC(C)OC(=O)[C@@](C)(O)c1ccccc1. The lowest BCUT2D eigenvalue weighted by atomic mass is 9.96. The van der Waals surface area contributed by atoms with Gasteiger partial charge in [-0.05, 0) is 26.3 Å². The first-order valence-corrected chi connectivity index (χ1v) is 4.93. The first-order valence-electron chi connectivity index (χ1n) is 4.93. The summed E-state index contributed by atoms with van der Waals surface area (Å²) in [5.41, 5.74) is -1.04. The molecule has 1 rings (SSSR count). The first kappa shape index (κ1) is 11.7. The van der Waals surface area contributed by atoms with Gasteiger partial charge in [0.1, 0.15) is 0 Å². The van der Waals surface area contributed by atoms with Gasteiger partial charge < -0.3 is 9.84 Å². The molecule has 0 heterocycles. The maximum absolute atomic E-state index is 11.6. The quantitative estimate of drug-likeness (QED) is 0.771. The lowest BCUT2D eigenvalue weighted by molar-refractivity contribution is -0.168. The summed E-state index contributed by atoms with van der Waals surface area (Å²) in [7, 11) is 0. The van der Waals surface area contributed by atoms with Crippen molar-refractivity contribution in [3.8, 4) is 0 Å². The number of ether oxygens (including phenoxy) is 1. The maximum Gasteiger partial charge on any atom is 0.342 e. The lowest BCUT2D eigenvalue weighted by Crippen LogP contribution is -2.35. The second-order valence-electron chi connectivity index (χ2n) is 3.89. The standard InChI is InChI=1S/C12H16O3/c1-9(2)15-11(13)12(3,14)10-7-5-4-6-8-10/h4-9,14H,1-3H3/t12-/m0/s1. The number of hydrogen-bond acceptors (Lipinski definition) is 3. The number of esters is 1. The Morgan fingerprint density at radius 2 is 1.87 bits per heavy atom. The molecule has 1 aromatic rings. The second-order valence-corrected chi connectivity index (χ2v) is 3.89. The van der Waals surface area contributed by atoms with Crippen molar-refractivity contribution in [3.63, 3.8) is 0 Å². The van der Waals surface area contributed by atoms with Crippen molar-refractivity contribution in [3.05, 3.63) is 35.9 Å². The molecule has 1 aromatic carbocycles. The Morgan fingerprint density at radius 1 is 1.33 bits per heavy atom. The summed E-state index contributed by atoms with van der Waals surface area (Å²) in [5, 5.41) is 10.0. The molecule has 3 heteroatoms. The van der Waals surface area contributed by atoms with Crippen LogP contribution in [0.3, 0.4) is 0 Å². The van der Waals surface area contributed by atoms with Gasteiger partial charge in [-0.15, -0.1) is 0 Å². The molecule has 1 N–H and O–H groups in total. The highest BCUT2D eigenvalue weighted by Crippen LogP contribution is 2.22. The van der Waals surface area contributed by atoms with Gasteiger partial charge in [0.05, 0.1) is 6.10 Å². The van der Waals surface area contributed by atoms with E-state index in [0.717, 1.165) is 0 Å². The van der Waals surface area contributed by atoms with Crippen molar-refractivity contribution in [2.45, 2.75) is 32.5 Å². The Bertz CT molecular complexity index is 328. The van der Waals surface area contributed by atoms with Crippen LogP contribution in [0.4, 0.5) is 0 Å². The van der Waals surface area contributed by atoms with Crippen LogP contribution in [-0.4, -0.2) is 17.2 Å². The van der Waals surface area contributed by atoms with Crippen molar-refractivity contribution >= 4 is 5.97 Å². The minimum atomic E-state index is -1.58. The highest BCUT2D eigenvalue weighted by atomic mass is 16.6. The van der Waals surface area contributed by atoms with E-state index in [1.165, 1.54) is 6.92 Å². The van der Waals surface area contributed by atoms with Crippen molar-refractivity contribution in [2.24, 2.45) is 0 Å². The fourth-order valence-corrected chi connectivity index (χ4v) is 1.21. The van der Waals surface area contributed by atoms with E-state index in [0.29, 0.717) is 5.56 Å². The summed E-state index contributed by atoms with van der Waals surface area (Å²) in [5.74, 6) is -0.622. The van der Waals surface area contributed by atoms with Crippen LogP contribution in [0.15, 0.2) is 30.3 Å².